The number of hydrogen-bond donors (Lipinski definition) is 1. The summed E-state index contributed by atoms with van der Waals surface area (Å²) in [6, 6.07) is 15.2. The molecule has 29 heavy (non-hydrogen) atoms. The number of amides is 1. The second-order valence-electron chi connectivity index (χ2n) is 6.11. The van der Waals surface area contributed by atoms with Crippen molar-refractivity contribution in [3.8, 4) is 5.75 Å². The number of rotatable bonds is 9. The number of nitrogens with one attached hydrogen (secondary N) is 1. The molecule has 0 spiro atoms. The van der Waals surface area contributed by atoms with Gasteiger partial charge in [-0.25, -0.2) is 4.79 Å². The van der Waals surface area contributed by atoms with Crippen LogP contribution in [-0.4, -0.2) is 39.9 Å². The van der Waals surface area contributed by atoms with E-state index in [0.717, 1.165) is 11.8 Å². The van der Waals surface area contributed by atoms with Gasteiger partial charge in [-0.2, -0.15) is 8.42 Å². The van der Waals surface area contributed by atoms with Crippen molar-refractivity contribution in [3.05, 3.63) is 65.7 Å². The lowest BCUT2D eigenvalue weighted by atomic mass is 9.99. The number of alkyl carbamates (subject to hydrolysis) is 1. The number of hydrogen-bond acceptors (Lipinski definition) is 7. The van der Waals surface area contributed by atoms with Crippen molar-refractivity contribution < 1.29 is 31.7 Å². The van der Waals surface area contributed by atoms with Gasteiger partial charge in [0.1, 0.15) is 12.4 Å². The van der Waals surface area contributed by atoms with Crippen molar-refractivity contribution in [2.75, 3.05) is 19.4 Å². The number of esters is 1. The minimum absolute atomic E-state index is 0.0611. The zero-order valence-corrected chi connectivity index (χ0v) is 17.0. The maximum Gasteiger partial charge on any atom is 0.407 e. The van der Waals surface area contributed by atoms with Gasteiger partial charge in [-0.1, -0.05) is 42.5 Å². The highest BCUT2D eigenvalue weighted by atomic mass is 32.2. The average Bonchev–Trinajstić information content (AvgIpc) is 2.66. The van der Waals surface area contributed by atoms with E-state index in [9.17, 15) is 18.0 Å². The molecule has 8 nitrogen and oxygen atoms in total. The minimum Gasteiger partial charge on any atom is -0.465 e. The lowest BCUT2D eigenvalue weighted by Crippen LogP contribution is -2.33. The SMILES string of the molecule is CCOC(=O)C(CNC(=O)OCc1ccccc1)c1cccc(OS(C)(=O)=O)c1. The molecule has 0 radical (unpaired) electrons. The highest BCUT2D eigenvalue weighted by Gasteiger charge is 2.24. The second-order valence-corrected chi connectivity index (χ2v) is 7.68. The van der Waals surface area contributed by atoms with Crippen LogP contribution in [0.5, 0.6) is 5.75 Å². The van der Waals surface area contributed by atoms with Gasteiger partial charge in [0.25, 0.3) is 0 Å². The van der Waals surface area contributed by atoms with Gasteiger partial charge in [-0.05, 0) is 30.2 Å². The number of carbonyl (C=O) groups excluding carboxylic acids is 2. The van der Waals surface area contributed by atoms with E-state index in [-0.39, 0.29) is 25.5 Å². The quantitative estimate of drug-likeness (QED) is 0.490. The smallest absolute Gasteiger partial charge is 0.407 e. The van der Waals surface area contributed by atoms with Crippen LogP contribution in [0.4, 0.5) is 4.79 Å². The van der Waals surface area contributed by atoms with Gasteiger partial charge in [0, 0.05) is 6.54 Å². The van der Waals surface area contributed by atoms with Gasteiger partial charge in [0.15, 0.2) is 0 Å². The molecule has 1 amide bonds. The molecule has 0 bridgehead atoms. The molecule has 0 fully saturated rings. The van der Waals surface area contributed by atoms with Crippen LogP contribution in [0.3, 0.4) is 0 Å². The minimum atomic E-state index is -3.72. The molecule has 0 saturated heterocycles. The third-order valence-electron chi connectivity index (χ3n) is 3.74. The third kappa shape index (κ3) is 7.82. The predicted molar refractivity (Wildman–Crippen MR) is 106 cm³/mol. The van der Waals surface area contributed by atoms with Gasteiger partial charge in [-0.15, -0.1) is 0 Å². The highest BCUT2D eigenvalue weighted by molar-refractivity contribution is 7.86. The highest BCUT2D eigenvalue weighted by Crippen LogP contribution is 2.23. The maximum absolute atomic E-state index is 12.4. The fourth-order valence-corrected chi connectivity index (χ4v) is 2.95. The molecule has 1 unspecified atom stereocenters. The fourth-order valence-electron chi connectivity index (χ4n) is 2.50. The number of ether oxygens (including phenoxy) is 2. The molecule has 2 rings (SSSR count). The molecule has 0 aliphatic rings. The first-order chi connectivity index (χ1) is 13.8. The largest absolute Gasteiger partial charge is 0.465 e. The molecule has 156 valence electrons. The summed E-state index contributed by atoms with van der Waals surface area (Å²) < 4.78 is 37.7. The molecule has 1 N–H and O–H groups in total. The standard InChI is InChI=1S/C20H23NO7S/c1-3-26-19(22)18(16-10-7-11-17(12-16)28-29(2,24)25)13-21-20(23)27-14-15-8-5-4-6-9-15/h4-12,18H,3,13-14H2,1-2H3,(H,21,23). The van der Waals surface area contributed by atoms with Crippen LogP contribution < -0.4 is 9.50 Å². The van der Waals surface area contributed by atoms with Crippen LogP contribution in [0.15, 0.2) is 54.6 Å². The Labute approximate surface area is 169 Å². The van der Waals surface area contributed by atoms with Crippen molar-refractivity contribution in [1.29, 1.82) is 0 Å². The Hall–Kier alpha value is -3.07. The lowest BCUT2D eigenvalue weighted by Gasteiger charge is -2.17. The summed E-state index contributed by atoms with van der Waals surface area (Å²) >= 11 is 0. The first kappa shape index (κ1) is 22.2. The fraction of sp³-hybridized carbons (Fsp3) is 0.300. The van der Waals surface area contributed by atoms with E-state index in [1.807, 2.05) is 30.3 Å². The monoisotopic (exact) mass is 421 g/mol. The van der Waals surface area contributed by atoms with Crippen LogP contribution in [0.1, 0.15) is 24.0 Å². The van der Waals surface area contributed by atoms with E-state index in [1.165, 1.54) is 12.1 Å². The lowest BCUT2D eigenvalue weighted by molar-refractivity contribution is -0.144. The molecular weight excluding hydrogens is 398 g/mol. The van der Waals surface area contributed by atoms with Gasteiger partial charge in [0.05, 0.1) is 18.8 Å². The predicted octanol–water partition coefficient (Wildman–Crippen LogP) is 2.60. The number of carbonyl (C=O) groups is 2. The molecular formula is C20H23NO7S. The van der Waals surface area contributed by atoms with Crippen molar-refractivity contribution >= 4 is 22.2 Å². The summed E-state index contributed by atoms with van der Waals surface area (Å²) in [6.45, 7) is 1.83. The summed E-state index contributed by atoms with van der Waals surface area (Å²) in [5, 5.41) is 2.54. The van der Waals surface area contributed by atoms with Crippen LogP contribution >= 0.6 is 0 Å². The van der Waals surface area contributed by atoms with E-state index < -0.39 is 28.1 Å². The molecule has 1 atom stereocenters. The first-order valence-corrected chi connectivity index (χ1v) is 10.7. The maximum atomic E-state index is 12.4. The zero-order valence-electron chi connectivity index (χ0n) is 16.2. The first-order valence-electron chi connectivity index (χ1n) is 8.89. The van der Waals surface area contributed by atoms with Gasteiger partial charge in [0.2, 0.25) is 0 Å². The second kappa shape index (κ2) is 10.5. The topological polar surface area (TPSA) is 108 Å². The Bertz CT molecular complexity index is 929. The van der Waals surface area contributed by atoms with Crippen molar-refractivity contribution in [3.63, 3.8) is 0 Å². The average molecular weight is 421 g/mol. The molecule has 9 heteroatoms. The zero-order chi connectivity index (χ0) is 21.3. The van der Waals surface area contributed by atoms with E-state index in [4.69, 9.17) is 13.7 Å². The summed E-state index contributed by atoms with van der Waals surface area (Å²) in [5.41, 5.74) is 1.27. The molecule has 0 aliphatic heterocycles. The third-order valence-corrected chi connectivity index (χ3v) is 4.24. The van der Waals surface area contributed by atoms with Gasteiger partial charge in [-0.3, -0.25) is 4.79 Å². The van der Waals surface area contributed by atoms with Crippen LogP contribution in [0, 0.1) is 0 Å². The summed E-state index contributed by atoms with van der Waals surface area (Å²) in [7, 11) is -3.72. The molecule has 0 aromatic heterocycles. The Morgan fingerprint density at radius 2 is 1.76 bits per heavy atom. The van der Waals surface area contributed by atoms with Gasteiger partial charge < -0.3 is 19.0 Å². The Kier molecular flexibility index (Phi) is 8.02. The molecule has 0 aliphatic carbocycles. The van der Waals surface area contributed by atoms with E-state index in [0.29, 0.717) is 5.56 Å². The van der Waals surface area contributed by atoms with Crippen LogP contribution in [-0.2, 0) is 31.0 Å². The Balaban J connectivity index is 2.05. The van der Waals surface area contributed by atoms with Crippen molar-refractivity contribution in [2.45, 2.75) is 19.4 Å². The van der Waals surface area contributed by atoms with Crippen LogP contribution in [0.25, 0.3) is 0 Å². The molecule has 2 aromatic rings. The molecule has 2 aromatic carbocycles. The van der Waals surface area contributed by atoms with E-state index in [2.05, 4.69) is 5.32 Å². The van der Waals surface area contributed by atoms with Crippen LogP contribution in [0.2, 0.25) is 0 Å². The van der Waals surface area contributed by atoms with Crippen molar-refractivity contribution in [2.24, 2.45) is 0 Å². The molecule has 0 heterocycles. The van der Waals surface area contributed by atoms with Gasteiger partial charge >= 0.3 is 22.2 Å². The van der Waals surface area contributed by atoms with E-state index in [1.54, 1.807) is 19.1 Å². The van der Waals surface area contributed by atoms with E-state index >= 15 is 0 Å². The van der Waals surface area contributed by atoms with Crippen molar-refractivity contribution in [1.82, 2.24) is 5.32 Å². The Morgan fingerprint density at radius 3 is 2.41 bits per heavy atom. The summed E-state index contributed by atoms with van der Waals surface area (Å²) in [4.78, 5) is 24.4. The summed E-state index contributed by atoms with van der Waals surface area (Å²) in [6.07, 6.45) is 0.235. The number of benzene rings is 2. The summed E-state index contributed by atoms with van der Waals surface area (Å²) in [5.74, 6) is -1.36. The normalized spacial score (nSPS) is 11.9. The molecule has 0 saturated carbocycles. The Morgan fingerprint density at radius 1 is 1.03 bits per heavy atom.